The average Bonchev–Trinajstić information content (AvgIpc) is 2.73. The van der Waals surface area contributed by atoms with Gasteiger partial charge in [-0.1, -0.05) is 30.3 Å². The molecule has 154 valence electrons. The van der Waals surface area contributed by atoms with Gasteiger partial charge in [0, 0.05) is 6.54 Å². The SMILES string of the molecule is CCOc1cc(C(=O)O[C@@H](C)C(=O)NC(=O)NCc2ccccc2)ccc1OC. The zero-order valence-electron chi connectivity index (χ0n) is 16.6. The van der Waals surface area contributed by atoms with Crippen molar-refractivity contribution in [2.45, 2.75) is 26.5 Å². The van der Waals surface area contributed by atoms with Gasteiger partial charge in [0.05, 0.1) is 19.3 Å². The first-order chi connectivity index (χ1) is 13.9. The molecule has 8 heteroatoms. The molecule has 0 aliphatic heterocycles. The van der Waals surface area contributed by atoms with Crippen LogP contribution in [0.25, 0.3) is 0 Å². The minimum Gasteiger partial charge on any atom is -0.493 e. The molecule has 0 bridgehead atoms. The number of esters is 1. The molecule has 3 amide bonds. The topological polar surface area (TPSA) is 103 Å². The van der Waals surface area contributed by atoms with E-state index in [1.807, 2.05) is 30.3 Å². The Balaban J connectivity index is 1.89. The number of ether oxygens (including phenoxy) is 3. The number of benzene rings is 2. The summed E-state index contributed by atoms with van der Waals surface area (Å²) in [6.45, 7) is 3.84. The molecule has 8 nitrogen and oxygen atoms in total. The van der Waals surface area contributed by atoms with Crippen molar-refractivity contribution >= 4 is 17.9 Å². The zero-order valence-corrected chi connectivity index (χ0v) is 16.6. The Bertz CT molecular complexity index is 854. The van der Waals surface area contributed by atoms with Gasteiger partial charge in [0.25, 0.3) is 5.91 Å². The van der Waals surface area contributed by atoms with E-state index < -0.39 is 24.0 Å². The van der Waals surface area contributed by atoms with Crippen LogP contribution in [0.4, 0.5) is 4.79 Å². The normalized spacial score (nSPS) is 11.1. The van der Waals surface area contributed by atoms with E-state index in [9.17, 15) is 14.4 Å². The predicted octanol–water partition coefficient (Wildman–Crippen LogP) is 2.67. The third-order valence-corrected chi connectivity index (χ3v) is 3.88. The summed E-state index contributed by atoms with van der Waals surface area (Å²) in [5.41, 5.74) is 1.08. The molecule has 0 aromatic heterocycles. The van der Waals surface area contributed by atoms with E-state index in [1.165, 1.54) is 26.2 Å². The highest BCUT2D eigenvalue weighted by Gasteiger charge is 2.21. The van der Waals surface area contributed by atoms with Crippen LogP contribution in [0.2, 0.25) is 0 Å². The van der Waals surface area contributed by atoms with E-state index in [0.717, 1.165) is 5.56 Å². The van der Waals surface area contributed by atoms with Crippen LogP contribution in [0.5, 0.6) is 11.5 Å². The van der Waals surface area contributed by atoms with E-state index in [1.54, 1.807) is 13.0 Å². The van der Waals surface area contributed by atoms with Gasteiger partial charge in [-0.3, -0.25) is 10.1 Å². The number of rotatable bonds is 8. The molecule has 0 saturated carbocycles. The molecule has 29 heavy (non-hydrogen) atoms. The molecule has 2 aromatic carbocycles. The summed E-state index contributed by atoms with van der Waals surface area (Å²) in [6, 6.07) is 13.1. The molecule has 0 aliphatic rings. The highest BCUT2D eigenvalue weighted by molar-refractivity contribution is 5.98. The van der Waals surface area contributed by atoms with Crippen LogP contribution in [0.15, 0.2) is 48.5 Å². The smallest absolute Gasteiger partial charge is 0.339 e. The molecule has 0 saturated heterocycles. The number of hydrogen-bond donors (Lipinski definition) is 2. The summed E-state index contributed by atoms with van der Waals surface area (Å²) >= 11 is 0. The van der Waals surface area contributed by atoms with Crippen molar-refractivity contribution in [3.8, 4) is 11.5 Å². The fraction of sp³-hybridized carbons (Fsp3) is 0.286. The lowest BCUT2D eigenvalue weighted by Gasteiger charge is -2.14. The van der Waals surface area contributed by atoms with Gasteiger partial charge in [-0.05, 0) is 37.6 Å². The Labute approximate surface area is 169 Å². The largest absolute Gasteiger partial charge is 0.493 e. The first-order valence-electron chi connectivity index (χ1n) is 9.09. The standard InChI is InChI=1S/C21H24N2O6/c1-4-28-18-12-16(10-11-17(18)27-3)20(25)29-14(2)19(24)23-21(26)22-13-15-8-6-5-7-9-15/h5-12,14H,4,13H2,1-3H3,(H2,22,23,24,26)/t14-/m0/s1. The van der Waals surface area contributed by atoms with Crippen LogP contribution in [-0.4, -0.2) is 37.7 Å². The molecule has 0 heterocycles. The van der Waals surface area contributed by atoms with Crippen LogP contribution < -0.4 is 20.1 Å². The minimum atomic E-state index is -1.16. The second-order valence-electron chi connectivity index (χ2n) is 6.00. The summed E-state index contributed by atoms with van der Waals surface area (Å²) in [4.78, 5) is 36.3. The van der Waals surface area contributed by atoms with Gasteiger partial charge in [-0.25, -0.2) is 9.59 Å². The number of carbonyl (C=O) groups is 3. The summed E-state index contributed by atoms with van der Waals surface area (Å²) in [6.07, 6.45) is -1.16. The Morgan fingerprint density at radius 3 is 2.41 bits per heavy atom. The van der Waals surface area contributed by atoms with Crippen LogP contribution in [0, 0.1) is 0 Å². The number of carbonyl (C=O) groups excluding carboxylic acids is 3. The lowest BCUT2D eigenvalue weighted by atomic mass is 10.2. The summed E-state index contributed by atoms with van der Waals surface area (Å²) in [5.74, 6) is -0.588. The molecule has 0 radical (unpaired) electrons. The number of imide groups is 1. The van der Waals surface area contributed by atoms with Crippen molar-refractivity contribution in [3.05, 3.63) is 59.7 Å². The van der Waals surface area contributed by atoms with E-state index in [0.29, 0.717) is 18.1 Å². The summed E-state index contributed by atoms with van der Waals surface area (Å²) in [7, 11) is 1.49. The Morgan fingerprint density at radius 1 is 1.03 bits per heavy atom. The molecule has 2 rings (SSSR count). The van der Waals surface area contributed by atoms with Gasteiger partial charge < -0.3 is 19.5 Å². The third-order valence-electron chi connectivity index (χ3n) is 3.88. The van der Waals surface area contributed by atoms with Crippen molar-refractivity contribution in [3.63, 3.8) is 0 Å². The van der Waals surface area contributed by atoms with Crippen LogP contribution in [-0.2, 0) is 16.1 Å². The van der Waals surface area contributed by atoms with Crippen LogP contribution in [0.3, 0.4) is 0 Å². The molecular formula is C21H24N2O6. The van der Waals surface area contributed by atoms with E-state index in [4.69, 9.17) is 14.2 Å². The number of methoxy groups -OCH3 is 1. The van der Waals surface area contributed by atoms with Gasteiger partial charge in [0.1, 0.15) is 0 Å². The molecular weight excluding hydrogens is 376 g/mol. The molecule has 0 aliphatic carbocycles. The molecule has 0 spiro atoms. The van der Waals surface area contributed by atoms with E-state index >= 15 is 0 Å². The molecule has 2 N–H and O–H groups in total. The predicted molar refractivity (Wildman–Crippen MR) is 106 cm³/mol. The lowest BCUT2D eigenvalue weighted by Crippen LogP contribution is -2.44. The Hall–Kier alpha value is -3.55. The summed E-state index contributed by atoms with van der Waals surface area (Å²) < 4.78 is 15.7. The second-order valence-corrected chi connectivity index (χ2v) is 6.00. The van der Waals surface area contributed by atoms with Gasteiger partial charge in [0.2, 0.25) is 0 Å². The Kier molecular flexibility index (Phi) is 8.02. The first kappa shape index (κ1) is 21.7. The highest BCUT2D eigenvalue weighted by atomic mass is 16.5. The third kappa shape index (κ3) is 6.53. The highest BCUT2D eigenvalue weighted by Crippen LogP contribution is 2.28. The van der Waals surface area contributed by atoms with Crippen LogP contribution >= 0.6 is 0 Å². The zero-order chi connectivity index (χ0) is 21.2. The molecule has 2 aromatic rings. The summed E-state index contributed by atoms with van der Waals surface area (Å²) in [5, 5.41) is 4.71. The fourth-order valence-corrected chi connectivity index (χ4v) is 2.39. The van der Waals surface area contributed by atoms with Crippen molar-refractivity contribution in [2.75, 3.05) is 13.7 Å². The van der Waals surface area contributed by atoms with Gasteiger partial charge >= 0.3 is 12.0 Å². The maximum Gasteiger partial charge on any atom is 0.339 e. The lowest BCUT2D eigenvalue weighted by molar-refractivity contribution is -0.127. The number of hydrogen-bond acceptors (Lipinski definition) is 6. The van der Waals surface area contributed by atoms with Crippen molar-refractivity contribution in [2.24, 2.45) is 0 Å². The number of amides is 3. The average molecular weight is 400 g/mol. The fourth-order valence-electron chi connectivity index (χ4n) is 2.39. The Morgan fingerprint density at radius 2 is 1.76 bits per heavy atom. The maximum atomic E-state index is 12.3. The second kappa shape index (κ2) is 10.7. The van der Waals surface area contributed by atoms with Crippen molar-refractivity contribution in [1.82, 2.24) is 10.6 Å². The van der Waals surface area contributed by atoms with E-state index in [-0.39, 0.29) is 12.1 Å². The molecule has 0 fully saturated rings. The quantitative estimate of drug-likeness (QED) is 0.661. The first-order valence-corrected chi connectivity index (χ1v) is 9.09. The van der Waals surface area contributed by atoms with E-state index in [2.05, 4.69) is 10.6 Å². The van der Waals surface area contributed by atoms with Gasteiger partial charge in [-0.15, -0.1) is 0 Å². The monoisotopic (exact) mass is 400 g/mol. The molecule has 0 unspecified atom stereocenters. The van der Waals surface area contributed by atoms with Crippen molar-refractivity contribution in [1.29, 1.82) is 0 Å². The number of urea groups is 1. The van der Waals surface area contributed by atoms with Crippen LogP contribution in [0.1, 0.15) is 29.8 Å². The van der Waals surface area contributed by atoms with Gasteiger partial charge in [0.15, 0.2) is 17.6 Å². The minimum absolute atomic E-state index is 0.197. The van der Waals surface area contributed by atoms with Crippen molar-refractivity contribution < 1.29 is 28.6 Å². The maximum absolute atomic E-state index is 12.3. The molecule has 1 atom stereocenters. The number of nitrogens with one attached hydrogen (secondary N) is 2. The van der Waals surface area contributed by atoms with Gasteiger partial charge in [-0.2, -0.15) is 0 Å².